The van der Waals surface area contributed by atoms with Crippen LogP contribution < -0.4 is 5.73 Å². The first-order chi connectivity index (χ1) is 7.49. The fourth-order valence-corrected chi connectivity index (χ4v) is 1.37. The molecule has 0 saturated heterocycles. The second-order valence-electron chi connectivity index (χ2n) is 4.43. The molecular formula is C12H26N2O2. The minimum atomic E-state index is -0.357. The Morgan fingerprint density at radius 1 is 1.44 bits per heavy atom. The van der Waals surface area contributed by atoms with Crippen LogP contribution in [0.15, 0.2) is 0 Å². The number of nitrogens with two attached hydrogens (primary N) is 1. The van der Waals surface area contributed by atoms with E-state index in [1.165, 1.54) is 0 Å². The zero-order valence-corrected chi connectivity index (χ0v) is 11.0. The Bertz CT molecular complexity index is 195. The fraction of sp³-hybridized carbons (Fsp3) is 0.917. The molecule has 4 nitrogen and oxygen atoms in total. The van der Waals surface area contributed by atoms with Crippen molar-refractivity contribution in [2.24, 2.45) is 5.73 Å². The number of hydrogen-bond acceptors (Lipinski definition) is 3. The minimum absolute atomic E-state index is 0.0146. The maximum atomic E-state index is 11.8. The molecule has 0 aliphatic carbocycles. The van der Waals surface area contributed by atoms with Crippen LogP contribution in [0.25, 0.3) is 0 Å². The summed E-state index contributed by atoms with van der Waals surface area (Å²) >= 11 is 0. The summed E-state index contributed by atoms with van der Waals surface area (Å²) in [5, 5.41) is 0. The number of carbonyl (C=O) groups excluding carboxylic acids is 1. The Morgan fingerprint density at radius 2 is 2.06 bits per heavy atom. The van der Waals surface area contributed by atoms with Crippen molar-refractivity contribution in [1.29, 1.82) is 0 Å². The van der Waals surface area contributed by atoms with Crippen LogP contribution in [0.1, 0.15) is 40.0 Å². The lowest BCUT2D eigenvalue weighted by atomic mass is 10.1. The molecule has 0 heterocycles. The Hall–Kier alpha value is -0.610. The second-order valence-corrected chi connectivity index (χ2v) is 4.43. The number of carbonyl (C=O) groups is 1. The monoisotopic (exact) mass is 230 g/mol. The summed E-state index contributed by atoms with van der Waals surface area (Å²) in [6, 6.07) is -0.357. The molecule has 0 aromatic carbocycles. The van der Waals surface area contributed by atoms with Crippen LogP contribution in [0.5, 0.6) is 0 Å². The zero-order valence-electron chi connectivity index (χ0n) is 11.0. The fourth-order valence-electron chi connectivity index (χ4n) is 1.37. The van der Waals surface area contributed by atoms with Crippen LogP contribution in [-0.4, -0.2) is 43.2 Å². The van der Waals surface area contributed by atoms with Crippen molar-refractivity contribution in [3.63, 3.8) is 0 Å². The molecule has 0 bridgehead atoms. The van der Waals surface area contributed by atoms with Gasteiger partial charge in [0, 0.05) is 13.6 Å². The molecule has 96 valence electrons. The maximum Gasteiger partial charge on any atom is 0.239 e. The number of amides is 1. The molecule has 0 saturated carbocycles. The lowest BCUT2D eigenvalue weighted by molar-refractivity contribution is -0.132. The molecule has 0 radical (unpaired) electrons. The van der Waals surface area contributed by atoms with E-state index in [0.29, 0.717) is 13.2 Å². The summed E-state index contributed by atoms with van der Waals surface area (Å²) in [6.07, 6.45) is 3.05. The highest BCUT2D eigenvalue weighted by Crippen LogP contribution is 2.01. The summed E-state index contributed by atoms with van der Waals surface area (Å²) < 4.78 is 5.39. The minimum Gasteiger partial charge on any atom is -0.377 e. The molecule has 4 heteroatoms. The van der Waals surface area contributed by atoms with E-state index < -0.39 is 0 Å². The highest BCUT2D eigenvalue weighted by Gasteiger charge is 2.16. The molecule has 0 aromatic rings. The third kappa shape index (κ3) is 6.80. The molecule has 1 atom stereocenters. The lowest BCUT2D eigenvalue weighted by Gasteiger charge is -2.21. The van der Waals surface area contributed by atoms with Crippen LogP contribution >= 0.6 is 0 Å². The molecule has 0 fully saturated rings. The normalized spacial score (nSPS) is 12.9. The number of unbranched alkanes of at least 4 members (excludes halogenated alkanes) is 1. The van der Waals surface area contributed by atoms with Gasteiger partial charge in [-0.05, 0) is 20.3 Å². The molecule has 0 unspecified atom stereocenters. The van der Waals surface area contributed by atoms with E-state index in [4.69, 9.17) is 10.5 Å². The topological polar surface area (TPSA) is 55.6 Å². The van der Waals surface area contributed by atoms with Crippen molar-refractivity contribution < 1.29 is 9.53 Å². The van der Waals surface area contributed by atoms with Crippen LogP contribution in [0.4, 0.5) is 0 Å². The second kappa shape index (κ2) is 8.53. The standard InChI is InChI=1S/C12H26N2O2/c1-5-6-7-11(13)12(15)14(4)8-9-16-10(2)3/h10-11H,5-9,13H2,1-4H3/t11-/m0/s1. The van der Waals surface area contributed by atoms with Crippen LogP contribution in [-0.2, 0) is 9.53 Å². The van der Waals surface area contributed by atoms with Gasteiger partial charge in [-0.15, -0.1) is 0 Å². The van der Waals surface area contributed by atoms with E-state index in [1.54, 1.807) is 11.9 Å². The largest absolute Gasteiger partial charge is 0.377 e. The highest BCUT2D eigenvalue weighted by atomic mass is 16.5. The van der Waals surface area contributed by atoms with E-state index in [0.717, 1.165) is 19.3 Å². The lowest BCUT2D eigenvalue weighted by Crippen LogP contribution is -2.43. The molecule has 0 spiro atoms. The molecule has 16 heavy (non-hydrogen) atoms. The Morgan fingerprint density at radius 3 is 2.56 bits per heavy atom. The quantitative estimate of drug-likeness (QED) is 0.685. The first kappa shape index (κ1) is 15.4. The van der Waals surface area contributed by atoms with Crippen LogP contribution in [0.3, 0.4) is 0 Å². The van der Waals surface area contributed by atoms with E-state index in [-0.39, 0.29) is 18.1 Å². The van der Waals surface area contributed by atoms with E-state index >= 15 is 0 Å². The number of nitrogens with zero attached hydrogens (tertiary/aromatic N) is 1. The van der Waals surface area contributed by atoms with Gasteiger partial charge in [-0.1, -0.05) is 19.8 Å². The van der Waals surface area contributed by atoms with Crippen molar-refractivity contribution in [3.05, 3.63) is 0 Å². The summed E-state index contributed by atoms with van der Waals surface area (Å²) in [4.78, 5) is 13.4. The van der Waals surface area contributed by atoms with Crippen molar-refractivity contribution >= 4 is 5.91 Å². The smallest absolute Gasteiger partial charge is 0.239 e. The first-order valence-corrected chi connectivity index (χ1v) is 6.11. The van der Waals surface area contributed by atoms with Gasteiger partial charge in [-0.3, -0.25) is 4.79 Å². The maximum absolute atomic E-state index is 11.8. The van der Waals surface area contributed by atoms with Gasteiger partial charge in [0.1, 0.15) is 0 Å². The van der Waals surface area contributed by atoms with Crippen molar-refractivity contribution in [3.8, 4) is 0 Å². The van der Waals surface area contributed by atoms with Crippen LogP contribution in [0.2, 0.25) is 0 Å². The summed E-state index contributed by atoms with van der Waals surface area (Å²) in [5.41, 5.74) is 5.80. The Labute approximate surface area is 99.1 Å². The molecule has 0 rings (SSSR count). The Kier molecular flexibility index (Phi) is 8.21. The Balaban J connectivity index is 3.79. The van der Waals surface area contributed by atoms with E-state index in [2.05, 4.69) is 6.92 Å². The molecule has 2 N–H and O–H groups in total. The predicted molar refractivity (Wildman–Crippen MR) is 66.2 cm³/mol. The number of hydrogen-bond donors (Lipinski definition) is 1. The van der Waals surface area contributed by atoms with Gasteiger partial charge in [0.05, 0.1) is 18.8 Å². The molecule has 0 aliphatic rings. The van der Waals surface area contributed by atoms with Gasteiger partial charge >= 0.3 is 0 Å². The predicted octanol–water partition coefficient (Wildman–Crippen LogP) is 1.39. The van der Waals surface area contributed by atoms with Gasteiger partial charge in [-0.2, -0.15) is 0 Å². The van der Waals surface area contributed by atoms with Gasteiger partial charge in [0.2, 0.25) is 5.91 Å². The van der Waals surface area contributed by atoms with E-state index in [1.807, 2.05) is 13.8 Å². The van der Waals surface area contributed by atoms with Gasteiger partial charge in [0.25, 0.3) is 0 Å². The molecule has 1 amide bonds. The van der Waals surface area contributed by atoms with Crippen LogP contribution in [0, 0.1) is 0 Å². The number of rotatable bonds is 8. The summed E-state index contributed by atoms with van der Waals surface area (Å²) in [5.74, 6) is 0.0146. The average Bonchev–Trinajstić information content (AvgIpc) is 2.24. The van der Waals surface area contributed by atoms with Gasteiger partial charge in [0.15, 0.2) is 0 Å². The van der Waals surface area contributed by atoms with Crippen molar-refractivity contribution in [2.75, 3.05) is 20.2 Å². The first-order valence-electron chi connectivity index (χ1n) is 6.11. The molecular weight excluding hydrogens is 204 g/mol. The van der Waals surface area contributed by atoms with Crippen molar-refractivity contribution in [2.45, 2.75) is 52.2 Å². The third-order valence-corrected chi connectivity index (χ3v) is 2.44. The van der Waals surface area contributed by atoms with E-state index in [9.17, 15) is 4.79 Å². The zero-order chi connectivity index (χ0) is 12.6. The SMILES string of the molecule is CCCC[C@H](N)C(=O)N(C)CCOC(C)C. The highest BCUT2D eigenvalue weighted by molar-refractivity contribution is 5.81. The third-order valence-electron chi connectivity index (χ3n) is 2.44. The molecule has 0 aliphatic heterocycles. The van der Waals surface area contributed by atoms with Crippen molar-refractivity contribution in [1.82, 2.24) is 4.90 Å². The van der Waals surface area contributed by atoms with Gasteiger partial charge in [-0.25, -0.2) is 0 Å². The molecule has 0 aromatic heterocycles. The number of ether oxygens (including phenoxy) is 1. The summed E-state index contributed by atoms with van der Waals surface area (Å²) in [7, 11) is 1.78. The average molecular weight is 230 g/mol. The van der Waals surface area contributed by atoms with Gasteiger partial charge < -0.3 is 15.4 Å². The summed E-state index contributed by atoms with van der Waals surface area (Å²) in [6.45, 7) is 7.23. The number of likely N-dealkylation sites (N-methyl/N-ethyl adjacent to an activating group) is 1.